The van der Waals surface area contributed by atoms with Crippen LogP contribution in [-0.4, -0.2) is 29.3 Å². The number of rotatable bonds is 2. The average molecular weight is 288 g/mol. The molecule has 1 aromatic carbocycles. The highest BCUT2D eigenvalue weighted by atomic mass is 16.2. The van der Waals surface area contributed by atoms with Crippen LogP contribution >= 0.6 is 0 Å². The maximum atomic E-state index is 12.7. The third-order valence-corrected chi connectivity index (χ3v) is 3.79. The van der Waals surface area contributed by atoms with Gasteiger partial charge in [-0.2, -0.15) is 0 Å². The van der Waals surface area contributed by atoms with Crippen molar-refractivity contribution in [2.75, 3.05) is 6.54 Å². The second kappa shape index (κ2) is 5.88. The van der Waals surface area contributed by atoms with Gasteiger partial charge in [0.2, 0.25) is 11.8 Å². The highest BCUT2D eigenvalue weighted by Crippen LogP contribution is 2.24. The second-order valence-corrected chi connectivity index (χ2v) is 6.87. The fourth-order valence-electron chi connectivity index (χ4n) is 2.60. The van der Waals surface area contributed by atoms with Crippen molar-refractivity contribution < 1.29 is 9.59 Å². The standard InChI is InChI=1S/C17H24N2O2/c1-12-6-5-7-13(10-12)11-19-9-8-14(20)18-15(16(19)21)17(2,3)4/h5-7,10,15H,8-9,11H2,1-4H3,(H,18,20). The fourth-order valence-corrected chi connectivity index (χ4v) is 2.60. The molecule has 4 heteroatoms. The highest BCUT2D eigenvalue weighted by Gasteiger charge is 2.37. The monoisotopic (exact) mass is 288 g/mol. The van der Waals surface area contributed by atoms with Crippen LogP contribution in [0.1, 0.15) is 38.3 Å². The molecule has 0 saturated carbocycles. The van der Waals surface area contributed by atoms with Gasteiger partial charge in [-0.15, -0.1) is 0 Å². The molecule has 2 amide bonds. The summed E-state index contributed by atoms with van der Waals surface area (Å²) in [5.41, 5.74) is 1.99. The third kappa shape index (κ3) is 3.84. The number of hydrogen-bond acceptors (Lipinski definition) is 2. The first kappa shape index (κ1) is 15.5. The van der Waals surface area contributed by atoms with Gasteiger partial charge >= 0.3 is 0 Å². The summed E-state index contributed by atoms with van der Waals surface area (Å²) < 4.78 is 0. The Kier molecular flexibility index (Phi) is 4.35. The largest absolute Gasteiger partial charge is 0.344 e. The van der Waals surface area contributed by atoms with Crippen molar-refractivity contribution in [3.8, 4) is 0 Å². The Bertz CT molecular complexity index is 546. The van der Waals surface area contributed by atoms with Crippen LogP contribution in [-0.2, 0) is 16.1 Å². The molecule has 114 valence electrons. The summed E-state index contributed by atoms with van der Waals surface area (Å²) >= 11 is 0. The van der Waals surface area contributed by atoms with Crippen LogP contribution in [0.25, 0.3) is 0 Å². The van der Waals surface area contributed by atoms with Gasteiger partial charge in [0.25, 0.3) is 0 Å². The van der Waals surface area contributed by atoms with Crippen LogP contribution in [0.5, 0.6) is 0 Å². The van der Waals surface area contributed by atoms with E-state index < -0.39 is 6.04 Å². The van der Waals surface area contributed by atoms with Gasteiger partial charge in [0, 0.05) is 19.5 Å². The summed E-state index contributed by atoms with van der Waals surface area (Å²) in [5, 5.41) is 2.87. The van der Waals surface area contributed by atoms with Crippen molar-refractivity contribution in [2.45, 2.75) is 46.7 Å². The van der Waals surface area contributed by atoms with Crippen molar-refractivity contribution >= 4 is 11.8 Å². The van der Waals surface area contributed by atoms with Crippen LogP contribution in [0.15, 0.2) is 24.3 Å². The number of carbonyl (C=O) groups excluding carboxylic acids is 2. The summed E-state index contributed by atoms with van der Waals surface area (Å²) in [6, 6.07) is 7.68. The van der Waals surface area contributed by atoms with E-state index in [0.29, 0.717) is 19.5 Å². The lowest BCUT2D eigenvalue weighted by Crippen LogP contribution is -2.51. The van der Waals surface area contributed by atoms with Crippen LogP contribution in [0.4, 0.5) is 0 Å². The average Bonchev–Trinajstić information content (AvgIpc) is 2.51. The molecule has 0 bridgehead atoms. The second-order valence-electron chi connectivity index (χ2n) is 6.87. The van der Waals surface area contributed by atoms with Crippen LogP contribution < -0.4 is 5.32 Å². The molecule has 1 aromatic rings. The first-order valence-corrected chi connectivity index (χ1v) is 7.41. The molecule has 1 aliphatic rings. The van der Waals surface area contributed by atoms with Crippen molar-refractivity contribution in [3.05, 3.63) is 35.4 Å². The molecule has 0 radical (unpaired) electrons. The molecule has 1 fully saturated rings. The van der Waals surface area contributed by atoms with Crippen LogP contribution in [0, 0.1) is 12.3 Å². The zero-order valence-electron chi connectivity index (χ0n) is 13.3. The smallest absolute Gasteiger partial charge is 0.246 e. The van der Waals surface area contributed by atoms with Gasteiger partial charge in [-0.05, 0) is 17.9 Å². The van der Waals surface area contributed by atoms with E-state index in [1.54, 1.807) is 4.90 Å². The molecule has 0 aromatic heterocycles. The van der Waals surface area contributed by atoms with Gasteiger partial charge in [0.1, 0.15) is 6.04 Å². The number of nitrogens with one attached hydrogen (secondary N) is 1. The van der Waals surface area contributed by atoms with Gasteiger partial charge in [0.15, 0.2) is 0 Å². The molecule has 1 unspecified atom stereocenters. The minimum absolute atomic E-state index is 0.00913. The topological polar surface area (TPSA) is 49.4 Å². The molecule has 21 heavy (non-hydrogen) atoms. The quantitative estimate of drug-likeness (QED) is 0.907. The Morgan fingerprint density at radius 3 is 2.62 bits per heavy atom. The molecule has 2 rings (SSSR count). The SMILES string of the molecule is Cc1cccc(CN2CCC(=O)NC(C(C)(C)C)C2=O)c1. The Balaban J connectivity index is 2.21. The molecular formula is C17H24N2O2. The summed E-state index contributed by atoms with van der Waals surface area (Å²) in [6.07, 6.45) is 0.365. The maximum absolute atomic E-state index is 12.7. The molecule has 4 nitrogen and oxygen atoms in total. The first-order chi connectivity index (χ1) is 9.77. The number of carbonyl (C=O) groups is 2. The van der Waals surface area contributed by atoms with E-state index in [-0.39, 0.29) is 17.2 Å². The summed E-state index contributed by atoms with van der Waals surface area (Å²) in [7, 11) is 0. The Hall–Kier alpha value is -1.84. The number of hydrogen-bond donors (Lipinski definition) is 1. The van der Waals surface area contributed by atoms with Crippen molar-refractivity contribution in [1.82, 2.24) is 10.2 Å². The van der Waals surface area contributed by atoms with Gasteiger partial charge in [-0.3, -0.25) is 9.59 Å². The van der Waals surface area contributed by atoms with E-state index in [2.05, 4.69) is 11.4 Å². The Morgan fingerprint density at radius 2 is 2.00 bits per heavy atom. The van der Waals surface area contributed by atoms with Crippen molar-refractivity contribution in [3.63, 3.8) is 0 Å². The molecule has 1 saturated heterocycles. The number of benzene rings is 1. The maximum Gasteiger partial charge on any atom is 0.246 e. The van der Waals surface area contributed by atoms with E-state index >= 15 is 0 Å². The van der Waals surface area contributed by atoms with Crippen LogP contribution in [0.3, 0.4) is 0 Å². The molecule has 1 N–H and O–H groups in total. The lowest BCUT2D eigenvalue weighted by molar-refractivity contribution is -0.136. The highest BCUT2D eigenvalue weighted by molar-refractivity contribution is 5.90. The van der Waals surface area contributed by atoms with E-state index in [9.17, 15) is 9.59 Å². The van der Waals surface area contributed by atoms with Gasteiger partial charge in [0.05, 0.1) is 0 Å². The Morgan fingerprint density at radius 1 is 1.29 bits per heavy atom. The minimum atomic E-state index is -0.461. The first-order valence-electron chi connectivity index (χ1n) is 7.41. The van der Waals surface area contributed by atoms with Gasteiger partial charge in [-0.25, -0.2) is 0 Å². The van der Waals surface area contributed by atoms with Crippen LogP contribution in [0.2, 0.25) is 0 Å². The lowest BCUT2D eigenvalue weighted by Gasteiger charge is -2.32. The van der Waals surface area contributed by atoms with E-state index in [1.807, 2.05) is 45.9 Å². The lowest BCUT2D eigenvalue weighted by atomic mass is 9.86. The van der Waals surface area contributed by atoms with E-state index in [1.165, 1.54) is 5.56 Å². The number of amides is 2. The predicted octanol–water partition coefficient (Wildman–Crippen LogP) is 2.26. The van der Waals surface area contributed by atoms with E-state index in [0.717, 1.165) is 5.56 Å². The summed E-state index contributed by atoms with van der Waals surface area (Å²) in [6.45, 7) is 9.01. The minimum Gasteiger partial charge on any atom is -0.344 e. The zero-order valence-corrected chi connectivity index (χ0v) is 13.3. The number of nitrogens with zero attached hydrogens (tertiary/aromatic N) is 1. The molecule has 0 aliphatic carbocycles. The molecular weight excluding hydrogens is 264 g/mol. The fraction of sp³-hybridized carbons (Fsp3) is 0.529. The van der Waals surface area contributed by atoms with Gasteiger partial charge < -0.3 is 10.2 Å². The normalized spacial score (nSPS) is 20.2. The van der Waals surface area contributed by atoms with Crippen molar-refractivity contribution in [2.24, 2.45) is 5.41 Å². The summed E-state index contributed by atoms with van der Waals surface area (Å²) in [4.78, 5) is 26.4. The molecule has 1 heterocycles. The Labute approximate surface area is 126 Å². The predicted molar refractivity (Wildman–Crippen MR) is 82.6 cm³/mol. The van der Waals surface area contributed by atoms with E-state index in [4.69, 9.17) is 0 Å². The van der Waals surface area contributed by atoms with Crippen molar-refractivity contribution in [1.29, 1.82) is 0 Å². The zero-order chi connectivity index (χ0) is 15.6. The number of aryl methyl sites for hydroxylation is 1. The van der Waals surface area contributed by atoms with Gasteiger partial charge in [-0.1, -0.05) is 50.6 Å². The summed E-state index contributed by atoms with van der Waals surface area (Å²) in [5.74, 6) is -0.0372. The molecule has 1 aliphatic heterocycles. The molecule has 0 spiro atoms. The third-order valence-electron chi connectivity index (χ3n) is 3.79. The molecule has 1 atom stereocenters.